The second kappa shape index (κ2) is 6.28. The molecule has 1 saturated heterocycles. The summed E-state index contributed by atoms with van der Waals surface area (Å²) in [6.07, 6.45) is 6.11. The van der Waals surface area contributed by atoms with Crippen molar-refractivity contribution in [1.82, 2.24) is 15.0 Å². The standard InChI is InChI=1S/C19H17N3O2/c23-19(17-12-21-24-18(17)14-5-2-1-3-6-14)22-10-8-16(13-22)15-7-4-9-20-11-15/h1-7,9,11-12,16H,8,10,13H2. The van der Waals surface area contributed by atoms with Gasteiger partial charge >= 0.3 is 0 Å². The Balaban J connectivity index is 1.55. The number of hydrogen-bond acceptors (Lipinski definition) is 4. The van der Waals surface area contributed by atoms with Gasteiger partial charge in [0.15, 0.2) is 5.76 Å². The number of carbonyl (C=O) groups excluding carboxylic acids is 1. The van der Waals surface area contributed by atoms with Crippen LogP contribution in [0.5, 0.6) is 0 Å². The SMILES string of the molecule is O=C(c1cnoc1-c1ccccc1)N1CCC(c2cccnc2)C1. The van der Waals surface area contributed by atoms with Crippen LogP contribution in [-0.2, 0) is 0 Å². The van der Waals surface area contributed by atoms with Crippen LogP contribution >= 0.6 is 0 Å². The highest BCUT2D eigenvalue weighted by molar-refractivity contribution is 5.99. The minimum atomic E-state index is -0.0264. The van der Waals surface area contributed by atoms with Crippen molar-refractivity contribution in [2.45, 2.75) is 12.3 Å². The van der Waals surface area contributed by atoms with Crippen LogP contribution < -0.4 is 0 Å². The second-order valence-electron chi connectivity index (χ2n) is 5.96. The van der Waals surface area contributed by atoms with Crippen molar-refractivity contribution in [2.24, 2.45) is 0 Å². The third-order valence-electron chi connectivity index (χ3n) is 4.47. The van der Waals surface area contributed by atoms with Crippen LogP contribution in [0.4, 0.5) is 0 Å². The average molecular weight is 319 g/mol. The molecule has 1 aliphatic heterocycles. The normalized spacial score (nSPS) is 17.2. The lowest BCUT2D eigenvalue weighted by atomic mass is 10.0. The van der Waals surface area contributed by atoms with Crippen LogP contribution in [0, 0.1) is 0 Å². The molecular weight excluding hydrogens is 302 g/mol. The molecule has 5 heteroatoms. The van der Waals surface area contributed by atoms with Crippen LogP contribution in [0.2, 0.25) is 0 Å². The molecular formula is C19H17N3O2. The Labute approximate surface area is 139 Å². The summed E-state index contributed by atoms with van der Waals surface area (Å²) < 4.78 is 5.34. The number of rotatable bonds is 3. The van der Waals surface area contributed by atoms with Crippen molar-refractivity contribution in [3.63, 3.8) is 0 Å². The molecule has 0 N–H and O–H groups in total. The highest BCUT2D eigenvalue weighted by atomic mass is 16.5. The minimum Gasteiger partial charge on any atom is -0.355 e. The number of carbonyl (C=O) groups is 1. The quantitative estimate of drug-likeness (QED) is 0.742. The summed E-state index contributed by atoms with van der Waals surface area (Å²) in [5, 5.41) is 3.84. The van der Waals surface area contributed by atoms with Gasteiger partial charge in [0.25, 0.3) is 5.91 Å². The van der Waals surface area contributed by atoms with E-state index in [1.165, 1.54) is 11.8 Å². The number of pyridine rings is 1. The van der Waals surface area contributed by atoms with Gasteiger partial charge in [-0.05, 0) is 18.1 Å². The van der Waals surface area contributed by atoms with Crippen LogP contribution in [0.15, 0.2) is 65.6 Å². The lowest BCUT2D eigenvalue weighted by molar-refractivity contribution is 0.0791. The Kier molecular flexibility index (Phi) is 3.83. The van der Waals surface area contributed by atoms with E-state index in [9.17, 15) is 4.79 Å². The Morgan fingerprint density at radius 1 is 1.12 bits per heavy atom. The molecule has 120 valence electrons. The predicted molar refractivity (Wildman–Crippen MR) is 89.4 cm³/mol. The van der Waals surface area contributed by atoms with Gasteiger partial charge in [-0.1, -0.05) is 41.6 Å². The van der Waals surface area contributed by atoms with Gasteiger partial charge in [-0.2, -0.15) is 0 Å². The summed E-state index contributed by atoms with van der Waals surface area (Å²) in [6, 6.07) is 13.6. The van der Waals surface area contributed by atoms with Gasteiger partial charge < -0.3 is 9.42 Å². The van der Waals surface area contributed by atoms with E-state index in [1.807, 2.05) is 47.5 Å². The molecule has 1 aromatic carbocycles. The summed E-state index contributed by atoms with van der Waals surface area (Å²) in [5.41, 5.74) is 2.57. The van der Waals surface area contributed by atoms with E-state index in [2.05, 4.69) is 16.2 Å². The number of hydrogen-bond donors (Lipinski definition) is 0. The summed E-state index contributed by atoms with van der Waals surface area (Å²) in [6.45, 7) is 1.43. The molecule has 1 amide bonds. The number of benzene rings is 1. The molecule has 1 atom stereocenters. The van der Waals surface area contributed by atoms with Crippen molar-refractivity contribution >= 4 is 5.91 Å². The second-order valence-corrected chi connectivity index (χ2v) is 5.96. The van der Waals surface area contributed by atoms with Crippen molar-refractivity contribution in [2.75, 3.05) is 13.1 Å². The van der Waals surface area contributed by atoms with Crippen LogP contribution in [0.3, 0.4) is 0 Å². The van der Waals surface area contributed by atoms with Gasteiger partial charge in [0.2, 0.25) is 0 Å². The summed E-state index contributed by atoms with van der Waals surface area (Å²) in [4.78, 5) is 18.9. The number of likely N-dealkylation sites (tertiary alicyclic amines) is 1. The molecule has 1 unspecified atom stereocenters. The Hall–Kier alpha value is -2.95. The van der Waals surface area contributed by atoms with Crippen LogP contribution in [0.1, 0.15) is 28.3 Å². The van der Waals surface area contributed by atoms with E-state index >= 15 is 0 Å². The highest BCUT2D eigenvalue weighted by Crippen LogP contribution is 2.30. The zero-order valence-corrected chi connectivity index (χ0v) is 13.1. The molecule has 1 fully saturated rings. The zero-order chi connectivity index (χ0) is 16.4. The fourth-order valence-corrected chi connectivity index (χ4v) is 3.19. The summed E-state index contributed by atoms with van der Waals surface area (Å²) >= 11 is 0. The lowest BCUT2D eigenvalue weighted by Gasteiger charge is -2.16. The van der Waals surface area contributed by atoms with Crippen molar-refractivity contribution in [1.29, 1.82) is 0 Å². The van der Waals surface area contributed by atoms with Crippen molar-refractivity contribution in [3.05, 3.63) is 72.2 Å². The average Bonchev–Trinajstić information content (AvgIpc) is 3.32. The molecule has 2 aromatic heterocycles. The lowest BCUT2D eigenvalue weighted by Crippen LogP contribution is -2.28. The van der Waals surface area contributed by atoms with Gasteiger partial charge in [0.05, 0.1) is 6.20 Å². The highest BCUT2D eigenvalue weighted by Gasteiger charge is 2.30. The fraction of sp³-hybridized carbons (Fsp3) is 0.211. The molecule has 3 aromatic rings. The van der Waals surface area contributed by atoms with E-state index < -0.39 is 0 Å². The monoisotopic (exact) mass is 319 g/mol. The van der Waals surface area contributed by atoms with Crippen molar-refractivity contribution < 1.29 is 9.32 Å². The maximum atomic E-state index is 12.9. The number of nitrogens with zero attached hydrogens (tertiary/aromatic N) is 3. The first-order valence-electron chi connectivity index (χ1n) is 8.02. The van der Waals surface area contributed by atoms with Crippen LogP contribution in [0.25, 0.3) is 11.3 Å². The molecule has 24 heavy (non-hydrogen) atoms. The molecule has 4 rings (SSSR count). The molecule has 3 heterocycles. The molecule has 1 aliphatic rings. The Morgan fingerprint density at radius 3 is 2.79 bits per heavy atom. The van der Waals surface area contributed by atoms with Gasteiger partial charge in [0.1, 0.15) is 5.56 Å². The topological polar surface area (TPSA) is 59.2 Å². The third kappa shape index (κ3) is 2.69. The van der Waals surface area contributed by atoms with Gasteiger partial charge in [-0.3, -0.25) is 9.78 Å². The van der Waals surface area contributed by atoms with E-state index in [1.54, 1.807) is 6.20 Å². The van der Waals surface area contributed by atoms with Crippen molar-refractivity contribution in [3.8, 4) is 11.3 Å². The van der Waals surface area contributed by atoms with Gasteiger partial charge in [-0.25, -0.2) is 0 Å². The van der Waals surface area contributed by atoms with Crippen LogP contribution in [-0.4, -0.2) is 34.0 Å². The Morgan fingerprint density at radius 2 is 2.00 bits per heavy atom. The first kappa shape index (κ1) is 14.6. The molecule has 0 spiro atoms. The molecule has 5 nitrogen and oxygen atoms in total. The fourth-order valence-electron chi connectivity index (χ4n) is 3.19. The number of amides is 1. The van der Waals surface area contributed by atoms with E-state index in [0.29, 0.717) is 23.8 Å². The molecule has 0 radical (unpaired) electrons. The van der Waals surface area contributed by atoms with Gasteiger partial charge in [-0.15, -0.1) is 0 Å². The van der Waals surface area contributed by atoms with E-state index in [-0.39, 0.29) is 5.91 Å². The van der Waals surface area contributed by atoms with E-state index in [0.717, 1.165) is 18.5 Å². The zero-order valence-electron chi connectivity index (χ0n) is 13.1. The first-order valence-corrected chi connectivity index (χ1v) is 8.02. The third-order valence-corrected chi connectivity index (χ3v) is 4.47. The largest absolute Gasteiger partial charge is 0.355 e. The first-order chi connectivity index (χ1) is 11.8. The maximum Gasteiger partial charge on any atom is 0.259 e. The molecule has 0 aliphatic carbocycles. The van der Waals surface area contributed by atoms with E-state index in [4.69, 9.17) is 4.52 Å². The molecule has 0 saturated carbocycles. The molecule has 0 bridgehead atoms. The Bertz CT molecular complexity index is 830. The van der Waals surface area contributed by atoms with Gasteiger partial charge in [0, 0.05) is 37.0 Å². The predicted octanol–water partition coefficient (Wildman–Crippen LogP) is 3.37. The minimum absolute atomic E-state index is 0.0264. The number of aromatic nitrogens is 2. The summed E-state index contributed by atoms with van der Waals surface area (Å²) in [7, 11) is 0. The summed E-state index contributed by atoms with van der Waals surface area (Å²) in [5.74, 6) is 0.842. The maximum absolute atomic E-state index is 12.9. The smallest absolute Gasteiger partial charge is 0.259 e.